The van der Waals surface area contributed by atoms with E-state index in [1.807, 2.05) is 0 Å². The molecule has 0 unspecified atom stereocenters. The first-order chi connectivity index (χ1) is 15.0. The Morgan fingerprint density at radius 2 is 1.22 bits per heavy atom. The number of hydrogen-bond acceptors (Lipinski definition) is 3. The van der Waals surface area contributed by atoms with Crippen molar-refractivity contribution in [2.24, 2.45) is 0 Å². The summed E-state index contributed by atoms with van der Waals surface area (Å²) in [6.07, 6.45) is 22.7. The zero-order chi connectivity index (χ0) is 23.6. The standard InChI is InChI=1S/C16H32O2.C5H9NO2.C5H11.Na/c1-2-3-4-5-6-7-8-9-10-11-12-13-14-15-16(17)18;7-5(8)4-2-1-3-6-4;1-3-5-4-2;/h2-15H2,1H3,(H,17,18);4,6H,1-3H2,(H,7,8);1,3-5H2,2H3;/q;;-1;+1/t;4-;;/m.0../s1. The van der Waals surface area contributed by atoms with Gasteiger partial charge >= 0.3 is 41.5 Å². The summed E-state index contributed by atoms with van der Waals surface area (Å²) in [4.78, 5) is 20.4. The van der Waals surface area contributed by atoms with Gasteiger partial charge in [-0.05, 0) is 25.8 Å². The predicted octanol–water partition coefficient (Wildman–Crippen LogP) is 4.39. The Bertz CT molecular complexity index is 386. The SMILES string of the molecule is CCCCCCCCCCCCCCCC(=O)O.O=C(O)[C@@H]1CCCN1.[CH2-]CCCC.[Na+]. The van der Waals surface area contributed by atoms with Crippen LogP contribution >= 0.6 is 0 Å². The molecule has 186 valence electrons. The van der Waals surface area contributed by atoms with Crippen LogP contribution in [0.1, 0.15) is 136 Å². The molecule has 1 fully saturated rings. The van der Waals surface area contributed by atoms with Gasteiger partial charge in [0.2, 0.25) is 0 Å². The van der Waals surface area contributed by atoms with Crippen molar-refractivity contribution in [2.45, 2.75) is 142 Å². The topological polar surface area (TPSA) is 86.6 Å². The molecule has 0 spiro atoms. The van der Waals surface area contributed by atoms with Crippen LogP contribution in [0.4, 0.5) is 0 Å². The molecule has 0 radical (unpaired) electrons. The zero-order valence-corrected chi connectivity index (χ0v) is 23.6. The Hall–Kier alpha value is -0.100. The fourth-order valence-corrected chi connectivity index (χ4v) is 3.44. The van der Waals surface area contributed by atoms with Gasteiger partial charge in [0.25, 0.3) is 0 Å². The van der Waals surface area contributed by atoms with E-state index in [1.165, 1.54) is 83.5 Å². The Morgan fingerprint density at radius 1 is 0.781 bits per heavy atom. The first kappa shape index (κ1) is 36.5. The second kappa shape index (κ2) is 30.9. The van der Waals surface area contributed by atoms with Gasteiger partial charge in [-0.3, -0.25) is 9.59 Å². The van der Waals surface area contributed by atoms with Crippen molar-refractivity contribution in [3.63, 3.8) is 0 Å². The second-order valence-electron chi connectivity index (χ2n) is 8.58. The summed E-state index contributed by atoms with van der Waals surface area (Å²) in [5.74, 6) is -1.37. The van der Waals surface area contributed by atoms with Crippen LogP contribution in [-0.4, -0.2) is 34.7 Å². The van der Waals surface area contributed by atoms with Gasteiger partial charge < -0.3 is 22.5 Å². The molecule has 0 aromatic heterocycles. The molecule has 1 heterocycles. The third-order valence-corrected chi connectivity index (χ3v) is 5.46. The van der Waals surface area contributed by atoms with Crippen LogP contribution in [0.5, 0.6) is 0 Å². The number of rotatable bonds is 17. The van der Waals surface area contributed by atoms with Gasteiger partial charge in [0, 0.05) is 6.42 Å². The van der Waals surface area contributed by atoms with Crippen LogP contribution < -0.4 is 34.9 Å². The van der Waals surface area contributed by atoms with Crippen molar-refractivity contribution in [3.8, 4) is 0 Å². The van der Waals surface area contributed by atoms with Gasteiger partial charge in [0.15, 0.2) is 0 Å². The van der Waals surface area contributed by atoms with Crippen molar-refractivity contribution < 1.29 is 49.4 Å². The fraction of sp³-hybridized carbons (Fsp3) is 0.885. The number of unbranched alkanes of at least 4 members (excludes halogenated alkanes) is 14. The average molecular weight is 466 g/mol. The number of nitrogens with one attached hydrogen (secondary N) is 1. The van der Waals surface area contributed by atoms with E-state index in [0.29, 0.717) is 6.42 Å². The monoisotopic (exact) mass is 465 g/mol. The number of carboxylic acid groups (broad SMARTS) is 2. The van der Waals surface area contributed by atoms with E-state index < -0.39 is 11.9 Å². The van der Waals surface area contributed by atoms with Gasteiger partial charge in [-0.25, -0.2) is 0 Å². The molecule has 0 aromatic rings. The van der Waals surface area contributed by atoms with E-state index >= 15 is 0 Å². The van der Waals surface area contributed by atoms with Gasteiger partial charge in [-0.15, -0.1) is 0 Å². The molecule has 1 rings (SSSR count). The van der Waals surface area contributed by atoms with Crippen LogP contribution in [0.3, 0.4) is 0 Å². The summed E-state index contributed by atoms with van der Waals surface area (Å²) in [5, 5.41) is 19.7. The third-order valence-electron chi connectivity index (χ3n) is 5.46. The molecule has 0 saturated carbocycles. The number of hydrogen-bond donors (Lipinski definition) is 3. The van der Waals surface area contributed by atoms with Gasteiger partial charge in [-0.2, -0.15) is 6.42 Å². The summed E-state index contributed by atoms with van der Waals surface area (Å²) in [7, 11) is 0. The van der Waals surface area contributed by atoms with Crippen molar-refractivity contribution in [2.75, 3.05) is 6.54 Å². The molecule has 5 nitrogen and oxygen atoms in total. The summed E-state index contributed by atoms with van der Waals surface area (Å²) >= 11 is 0. The maximum absolute atomic E-state index is 10.3. The van der Waals surface area contributed by atoms with Crippen molar-refractivity contribution in [3.05, 3.63) is 6.92 Å². The molecular weight excluding hydrogens is 413 g/mol. The maximum Gasteiger partial charge on any atom is 1.00 e. The van der Waals surface area contributed by atoms with E-state index in [9.17, 15) is 9.59 Å². The van der Waals surface area contributed by atoms with E-state index in [-0.39, 0.29) is 35.6 Å². The van der Waals surface area contributed by atoms with E-state index in [0.717, 1.165) is 38.6 Å². The molecular formula is C26H52NNaO4. The quantitative estimate of drug-likeness (QED) is 0.168. The summed E-state index contributed by atoms with van der Waals surface area (Å²) in [6, 6.07) is -0.269. The summed E-state index contributed by atoms with van der Waals surface area (Å²) in [5.41, 5.74) is 0. The van der Waals surface area contributed by atoms with E-state index in [4.69, 9.17) is 10.2 Å². The second-order valence-corrected chi connectivity index (χ2v) is 8.58. The van der Waals surface area contributed by atoms with Gasteiger partial charge in [-0.1, -0.05) is 104 Å². The van der Waals surface area contributed by atoms with Crippen LogP contribution in [0.15, 0.2) is 0 Å². The number of carboxylic acids is 2. The van der Waals surface area contributed by atoms with Gasteiger partial charge in [0.05, 0.1) is 0 Å². The molecule has 1 aliphatic heterocycles. The first-order valence-electron chi connectivity index (χ1n) is 13.0. The third kappa shape index (κ3) is 32.1. The Labute approximate surface area is 221 Å². The van der Waals surface area contributed by atoms with Crippen LogP contribution in [-0.2, 0) is 9.59 Å². The largest absolute Gasteiger partial charge is 1.00 e. The molecule has 0 amide bonds. The van der Waals surface area contributed by atoms with Crippen molar-refractivity contribution in [1.82, 2.24) is 5.32 Å². The Balaban J connectivity index is -0.000000492. The first-order valence-corrected chi connectivity index (χ1v) is 13.0. The van der Waals surface area contributed by atoms with Crippen molar-refractivity contribution >= 4 is 11.9 Å². The summed E-state index contributed by atoms with van der Waals surface area (Å²) < 4.78 is 0. The molecule has 0 bridgehead atoms. The van der Waals surface area contributed by atoms with E-state index in [1.54, 1.807) is 0 Å². The minimum absolute atomic E-state index is 0. The summed E-state index contributed by atoms with van der Waals surface area (Å²) in [6.45, 7) is 8.97. The van der Waals surface area contributed by atoms with Crippen LogP contribution in [0.2, 0.25) is 0 Å². The van der Waals surface area contributed by atoms with Gasteiger partial charge in [0.1, 0.15) is 6.04 Å². The van der Waals surface area contributed by atoms with Crippen molar-refractivity contribution in [1.29, 1.82) is 0 Å². The van der Waals surface area contributed by atoms with Crippen LogP contribution in [0, 0.1) is 6.92 Å². The minimum atomic E-state index is -0.720. The molecule has 1 saturated heterocycles. The zero-order valence-electron chi connectivity index (χ0n) is 21.6. The maximum atomic E-state index is 10.3. The molecule has 1 aliphatic rings. The fourth-order valence-electron chi connectivity index (χ4n) is 3.44. The molecule has 1 atom stereocenters. The molecule has 6 heteroatoms. The Kier molecular flexibility index (Phi) is 35.2. The minimum Gasteiger partial charge on any atom is -0.481 e. The number of aliphatic carboxylic acids is 2. The molecule has 0 aliphatic carbocycles. The smallest absolute Gasteiger partial charge is 0.481 e. The number of carbonyl (C=O) groups is 2. The molecule has 32 heavy (non-hydrogen) atoms. The van der Waals surface area contributed by atoms with Crippen LogP contribution in [0.25, 0.3) is 0 Å². The average Bonchev–Trinajstić information content (AvgIpc) is 3.28. The normalized spacial score (nSPS) is 14.4. The predicted molar refractivity (Wildman–Crippen MR) is 131 cm³/mol. The van der Waals surface area contributed by atoms with E-state index in [2.05, 4.69) is 26.1 Å². The molecule has 0 aromatic carbocycles. The molecule has 3 N–H and O–H groups in total. The Morgan fingerprint density at radius 3 is 1.47 bits per heavy atom.